The summed E-state index contributed by atoms with van der Waals surface area (Å²) in [6.45, 7) is 7.73. The molecule has 1 saturated carbocycles. The van der Waals surface area contributed by atoms with Gasteiger partial charge in [0.25, 0.3) is 0 Å². The van der Waals surface area contributed by atoms with E-state index in [1.165, 1.54) is 12.0 Å². The molecule has 1 fully saturated rings. The number of pyridine rings is 1. The molecule has 3 aliphatic rings. The first kappa shape index (κ1) is 23.2. The molecule has 32 heavy (non-hydrogen) atoms. The van der Waals surface area contributed by atoms with Crippen LogP contribution in [0.25, 0.3) is 0 Å². The molecule has 0 saturated heterocycles. The van der Waals surface area contributed by atoms with E-state index in [0.717, 1.165) is 32.1 Å². The summed E-state index contributed by atoms with van der Waals surface area (Å²) < 4.78 is 0. The Balaban J connectivity index is 1.57. The van der Waals surface area contributed by atoms with E-state index in [0.29, 0.717) is 24.6 Å². The molecule has 1 aromatic rings. The number of nitrogens with one attached hydrogen (secondary N) is 2. The molecule has 1 heterocycles. The van der Waals surface area contributed by atoms with Crippen LogP contribution in [0, 0.1) is 28.6 Å². The number of hydrogen-bond acceptors (Lipinski definition) is 4. The Kier molecular flexibility index (Phi) is 6.64. The number of nitrogens with zero attached hydrogens (tertiary/aromatic N) is 1. The van der Waals surface area contributed by atoms with Gasteiger partial charge in [0, 0.05) is 25.3 Å². The van der Waals surface area contributed by atoms with Gasteiger partial charge in [-0.3, -0.25) is 4.98 Å². The zero-order valence-electron chi connectivity index (χ0n) is 19.7. The molecule has 3 aliphatic carbocycles. The Morgan fingerprint density at radius 2 is 2.03 bits per heavy atom. The van der Waals surface area contributed by atoms with Crippen molar-refractivity contribution >= 4 is 11.7 Å². The summed E-state index contributed by atoms with van der Waals surface area (Å²) >= 11 is 0. The molecule has 0 radical (unpaired) electrons. The van der Waals surface area contributed by atoms with Crippen molar-refractivity contribution < 1.29 is 15.0 Å². The number of aromatic nitrogens is 1. The van der Waals surface area contributed by atoms with Gasteiger partial charge in [-0.2, -0.15) is 0 Å². The Bertz CT molecular complexity index is 853. The van der Waals surface area contributed by atoms with Crippen LogP contribution in [0.3, 0.4) is 0 Å². The average molecular weight is 442 g/mol. The van der Waals surface area contributed by atoms with Gasteiger partial charge in [0.2, 0.25) is 0 Å². The largest absolute Gasteiger partial charge is 0.396 e. The standard InChI is InChI=1S/C26H39N3O3/c1-25(2)10-9-20-21(15-28-24(32)29-18-5-4-12-27-14-18)23(7-6-22(20)25)26(3)11-8-19(31)13-17(26)16-30/h4-5,12,14,17,19,21,23,30-31H,6-11,13,15-16H2,1-3H3,(H2,28,29,32)/t17-,19+,21+,23+,26-/m1/s1. The molecule has 5 atom stereocenters. The first-order chi connectivity index (χ1) is 15.2. The van der Waals surface area contributed by atoms with Crippen molar-refractivity contribution in [1.29, 1.82) is 0 Å². The van der Waals surface area contributed by atoms with Crippen molar-refractivity contribution in [3.63, 3.8) is 0 Å². The van der Waals surface area contributed by atoms with Crippen LogP contribution in [0.15, 0.2) is 35.7 Å². The number of carbonyl (C=O) groups is 1. The number of amides is 2. The lowest BCUT2D eigenvalue weighted by atomic mass is 9.53. The third-order valence-electron chi connectivity index (χ3n) is 8.84. The number of urea groups is 1. The van der Waals surface area contributed by atoms with E-state index in [4.69, 9.17) is 0 Å². The number of carbonyl (C=O) groups excluding carboxylic acids is 1. The molecule has 176 valence electrons. The zero-order valence-corrected chi connectivity index (χ0v) is 19.7. The van der Waals surface area contributed by atoms with Gasteiger partial charge >= 0.3 is 6.03 Å². The van der Waals surface area contributed by atoms with Crippen LogP contribution in [0.4, 0.5) is 10.5 Å². The number of aliphatic hydroxyl groups is 2. The highest BCUT2D eigenvalue weighted by Crippen LogP contribution is 2.59. The van der Waals surface area contributed by atoms with Gasteiger partial charge in [-0.05, 0) is 79.7 Å². The summed E-state index contributed by atoms with van der Waals surface area (Å²) in [6.07, 6.45) is 9.86. The average Bonchev–Trinajstić information content (AvgIpc) is 3.09. The highest BCUT2D eigenvalue weighted by atomic mass is 16.3. The highest BCUT2D eigenvalue weighted by molar-refractivity contribution is 5.88. The van der Waals surface area contributed by atoms with Gasteiger partial charge in [0.1, 0.15) is 0 Å². The minimum absolute atomic E-state index is 0.0363. The lowest BCUT2D eigenvalue weighted by molar-refractivity contribution is -0.0580. The van der Waals surface area contributed by atoms with Crippen LogP contribution in [-0.2, 0) is 0 Å². The Labute approximate surface area is 191 Å². The summed E-state index contributed by atoms with van der Waals surface area (Å²) in [6, 6.07) is 3.43. The van der Waals surface area contributed by atoms with Gasteiger partial charge in [0.05, 0.1) is 18.0 Å². The Morgan fingerprint density at radius 3 is 2.75 bits per heavy atom. The van der Waals surface area contributed by atoms with Gasteiger partial charge in [-0.1, -0.05) is 31.9 Å². The fourth-order valence-corrected chi connectivity index (χ4v) is 6.87. The molecule has 0 spiro atoms. The first-order valence-electron chi connectivity index (χ1n) is 12.2. The fourth-order valence-electron chi connectivity index (χ4n) is 6.87. The number of rotatable bonds is 5. The van der Waals surface area contributed by atoms with Gasteiger partial charge < -0.3 is 20.8 Å². The molecule has 4 N–H and O–H groups in total. The van der Waals surface area contributed by atoms with Gasteiger partial charge in [0.15, 0.2) is 0 Å². The maximum Gasteiger partial charge on any atom is 0.319 e. The first-order valence-corrected chi connectivity index (χ1v) is 12.2. The van der Waals surface area contributed by atoms with Crippen molar-refractivity contribution in [1.82, 2.24) is 10.3 Å². The van der Waals surface area contributed by atoms with E-state index in [9.17, 15) is 15.0 Å². The van der Waals surface area contributed by atoms with Crippen LogP contribution in [0.5, 0.6) is 0 Å². The summed E-state index contributed by atoms with van der Waals surface area (Å²) in [7, 11) is 0. The molecule has 4 rings (SSSR count). The summed E-state index contributed by atoms with van der Waals surface area (Å²) in [4.78, 5) is 16.7. The maximum absolute atomic E-state index is 12.7. The van der Waals surface area contributed by atoms with Gasteiger partial charge in [-0.15, -0.1) is 0 Å². The molecule has 0 aromatic carbocycles. The second kappa shape index (κ2) is 9.14. The third-order valence-corrected chi connectivity index (χ3v) is 8.84. The van der Waals surface area contributed by atoms with E-state index < -0.39 is 0 Å². The topological polar surface area (TPSA) is 94.5 Å². The predicted octanol–water partition coefficient (Wildman–Crippen LogP) is 4.51. The summed E-state index contributed by atoms with van der Waals surface area (Å²) in [5.74, 6) is 0.757. The second-order valence-corrected chi connectivity index (χ2v) is 11.0. The maximum atomic E-state index is 12.7. The lowest BCUT2D eigenvalue weighted by Gasteiger charge is -2.52. The number of aliphatic hydroxyl groups excluding tert-OH is 2. The van der Waals surface area contributed by atoms with Crippen LogP contribution in [0.2, 0.25) is 0 Å². The van der Waals surface area contributed by atoms with Crippen molar-refractivity contribution in [2.24, 2.45) is 28.6 Å². The third kappa shape index (κ3) is 4.44. The smallest absolute Gasteiger partial charge is 0.319 e. The summed E-state index contributed by atoms with van der Waals surface area (Å²) in [5.41, 5.74) is 4.01. The molecule has 0 unspecified atom stereocenters. The van der Waals surface area contributed by atoms with Crippen LogP contribution in [-0.4, -0.2) is 40.5 Å². The monoisotopic (exact) mass is 441 g/mol. The van der Waals surface area contributed by atoms with Crippen LogP contribution >= 0.6 is 0 Å². The quantitative estimate of drug-likeness (QED) is 0.506. The second-order valence-electron chi connectivity index (χ2n) is 11.0. The summed E-state index contributed by atoms with van der Waals surface area (Å²) in [5, 5.41) is 26.5. The van der Waals surface area contributed by atoms with E-state index in [1.54, 1.807) is 24.0 Å². The van der Waals surface area contributed by atoms with Crippen LogP contribution in [0.1, 0.15) is 65.7 Å². The molecule has 0 bridgehead atoms. The minimum atomic E-state index is -0.314. The lowest BCUT2D eigenvalue weighted by Crippen LogP contribution is -2.49. The van der Waals surface area contributed by atoms with Crippen molar-refractivity contribution in [2.45, 2.75) is 71.8 Å². The predicted molar refractivity (Wildman–Crippen MR) is 126 cm³/mol. The zero-order chi connectivity index (χ0) is 22.9. The SMILES string of the molecule is CC1(C)CCC2=C1CC[C@H]([C@]1(C)CC[C@H](O)C[C@@H]1CO)[C@H]2CNC(=O)Nc1cccnc1. The molecular weight excluding hydrogens is 402 g/mol. The molecule has 0 aliphatic heterocycles. The molecule has 6 nitrogen and oxygen atoms in total. The normalized spacial score (nSPS) is 34.2. The van der Waals surface area contributed by atoms with E-state index in [2.05, 4.69) is 36.4 Å². The number of hydrogen-bond donors (Lipinski definition) is 4. The van der Waals surface area contributed by atoms with Crippen molar-refractivity contribution in [3.8, 4) is 0 Å². The fraction of sp³-hybridized carbons (Fsp3) is 0.692. The van der Waals surface area contributed by atoms with E-state index >= 15 is 0 Å². The highest BCUT2D eigenvalue weighted by Gasteiger charge is 2.51. The Morgan fingerprint density at radius 1 is 1.22 bits per heavy atom. The molecule has 6 heteroatoms. The van der Waals surface area contributed by atoms with Crippen molar-refractivity contribution in [2.75, 3.05) is 18.5 Å². The van der Waals surface area contributed by atoms with E-state index in [-0.39, 0.29) is 41.4 Å². The molecule has 1 aromatic heterocycles. The van der Waals surface area contributed by atoms with E-state index in [1.807, 2.05) is 6.07 Å². The number of anilines is 1. The molecule has 2 amide bonds. The molecular formula is C26H39N3O3. The van der Waals surface area contributed by atoms with Crippen molar-refractivity contribution in [3.05, 3.63) is 35.7 Å². The van der Waals surface area contributed by atoms with Crippen LogP contribution < -0.4 is 10.6 Å². The Hall–Kier alpha value is -1.92. The van der Waals surface area contributed by atoms with Gasteiger partial charge in [-0.25, -0.2) is 4.79 Å². The number of allylic oxidation sites excluding steroid dienone is 1. The minimum Gasteiger partial charge on any atom is -0.396 e.